The Hall–Kier alpha value is -4.16. The molecule has 5 rings (SSSR count). The molecule has 1 saturated heterocycles. The maximum absolute atomic E-state index is 13.4. The highest BCUT2D eigenvalue weighted by atomic mass is 35.5. The topological polar surface area (TPSA) is 71.4 Å². The molecule has 36 heavy (non-hydrogen) atoms. The Bertz CT molecular complexity index is 1550. The Morgan fingerprint density at radius 3 is 2.33 bits per heavy atom. The molecule has 0 spiro atoms. The third kappa shape index (κ3) is 4.10. The van der Waals surface area contributed by atoms with Crippen LogP contribution >= 0.6 is 11.6 Å². The molecule has 0 atom stereocenters. The number of hydrogen-bond donors (Lipinski definition) is 1. The van der Waals surface area contributed by atoms with Crippen LogP contribution in [0.2, 0.25) is 5.02 Å². The van der Waals surface area contributed by atoms with Crippen molar-refractivity contribution in [3.05, 3.63) is 106 Å². The molecular weight excluding hydrogens is 474 g/mol. The highest BCUT2D eigenvalue weighted by Gasteiger charge is 2.37. The molecule has 1 aliphatic rings. The van der Waals surface area contributed by atoms with Gasteiger partial charge in [0.15, 0.2) is 0 Å². The summed E-state index contributed by atoms with van der Waals surface area (Å²) < 4.78 is 2.11. The van der Waals surface area contributed by atoms with E-state index >= 15 is 0 Å². The number of amides is 4. The van der Waals surface area contributed by atoms with E-state index in [1.807, 2.05) is 74.5 Å². The van der Waals surface area contributed by atoms with Gasteiger partial charge in [0.05, 0.1) is 5.69 Å². The number of halogens is 1. The van der Waals surface area contributed by atoms with Gasteiger partial charge < -0.3 is 4.57 Å². The van der Waals surface area contributed by atoms with Gasteiger partial charge in [-0.25, -0.2) is 9.69 Å². The van der Waals surface area contributed by atoms with E-state index in [4.69, 9.17) is 11.6 Å². The number of carbonyl (C=O) groups is 3. The van der Waals surface area contributed by atoms with E-state index in [9.17, 15) is 14.4 Å². The fourth-order valence-electron chi connectivity index (χ4n) is 4.56. The predicted molar refractivity (Wildman–Crippen MR) is 142 cm³/mol. The molecule has 180 valence electrons. The fraction of sp³-hybridized carbons (Fsp3) is 0.138. The second kappa shape index (κ2) is 9.47. The summed E-state index contributed by atoms with van der Waals surface area (Å²) in [6.07, 6.45) is 2.42. The van der Waals surface area contributed by atoms with Crippen molar-refractivity contribution in [3.8, 4) is 0 Å². The van der Waals surface area contributed by atoms with Gasteiger partial charge in [-0.2, -0.15) is 0 Å². The zero-order chi connectivity index (χ0) is 25.4. The van der Waals surface area contributed by atoms with Crippen LogP contribution in [-0.2, 0) is 22.6 Å². The summed E-state index contributed by atoms with van der Waals surface area (Å²) >= 11 is 6.42. The number of nitrogens with zero attached hydrogens (tertiary/aromatic N) is 2. The predicted octanol–water partition coefficient (Wildman–Crippen LogP) is 5.88. The fourth-order valence-corrected chi connectivity index (χ4v) is 4.75. The van der Waals surface area contributed by atoms with E-state index in [0.29, 0.717) is 17.3 Å². The number of urea groups is 1. The molecule has 0 unspecified atom stereocenters. The molecule has 0 aliphatic carbocycles. The minimum Gasteiger partial charge on any atom is -0.340 e. The molecule has 1 N–H and O–H groups in total. The molecule has 2 heterocycles. The summed E-state index contributed by atoms with van der Waals surface area (Å²) in [5.41, 5.74) is 4.92. The first-order chi connectivity index (χ1) is 17.4. The first-order valence-corrected chi connectivity index (χ1v) is 12.1. The summed E-state index contributed by atoms with van der Waals surface area (Å²) in [5, 5.41) is 3.87. The third-order valence-electron chi connectivity index (χ3n) is 6.56. The Morgan fingerprint density at radius 1 is 0.917 bits per heavy atom. The quantitative estimate of drug-likeness (QED) is 0.276. The van der Waals surface area contributed by atoms with Gasteiger partial charge in [-0.05, 0) is 54.8 Å². The smallest absolute Gasteiger partial charge is 0.335 e. The van der Waals surface area contributed by atoms with Crippen molar-refractivity contribution in [3.63, 3.8) is 0 Å². The Balaban J connectivity index is 1.60. The largest absolute Gasteiger partial charge is 0.340 e. The van der Waals surface area contributed by atoms with Crippen LogP contribution in [0.5, 0.6) is 0 Å². The number of aryl methyl sites for hydroxylation is 1. The van der Waals surface area contributed by atoms with Crippen molar-refractivity contribution < 1.29 is 14.4 Å². The van der Waals surface area contributed by atoms with Gasteiger partial charge in [-0.3, -0.25) is 14.9 Å². The zero-order valence-electron chi connectivity index (χ0n) is 19.9. The van der Waals surface area contributed by atoms with Gasteiger partial charge in [-0.1, -0.05) is 67.1 Å². The van der Waals surface area contributed by atoms with Gasteiger partial charge in [0.2, 0.25) is 0 Å². The van der Waals surface area contributed by atoms with Crippen LogP contribution in [-0.4, -0.2) is 22.4 Å². The minimum absolute atomic E-state index is 0.0992. The minimum atomic E-state index is -0.760. The van der Waals surface area contributed by atoms with E-state index in [0.717, 1.165) is 44.6 Å². The summed E-state index contributed by atoms with van der Waals surface area (Å²) in [7, 11) is 0. The molecule has 0 radical (unpaired) electrons. The van der Waals surface area contributed by atoms with Crippen molar-refractivity contribution in [1.29, 1.82) is 0 Å². The molecule has 3 aromatic carbocycles. The van der Waals surface area contributed by atoms with E-state index < -0.39 is 17.8 Å². The molecule has 7 heteroatoms. The molecule has 1 fully saturated rings. The lowest BCUT2D eigenvalue weighted by atomic mass is 10.0. The molecule has 6 nitrogen and oxygen atoms in total. The number of hydrogen-bond acceptors (Lipinski definition) is 3. The Labute approximate surface area is 213 Å². The second-order valence-corrected chi connectivity index (χ2v) is 9.08. The van der Waals surface area contributed by atoms with E-state index in [-0.39, 0.29) is 5.57 Å². The van der Waals surface area contributed by atoms with Crippen molar-refractivity contribution in [2.45, 2.75) is 26.8 Å². The second-order valence-electron chi connectivity index (χ2n) is 8.67. The van der Waals surface area contributed by atoms with Crippen LogP contribution in [0.4, 0.5) is 10.5 Å². The number of carbonyl (C=O) groups excluding carboxylic acids is 3. The Morgan fingerprint density at radius 2 is 1.61 bits per heavy atom. The first-order valence-electron chi connectivity index (χ1n) is 11.7. The van der Waals surface area contributed by atoms with Gasteiger partial charge in [0, 0.05) is 33.7 Å². The van der Waals surface area contributed by atoms with Crippen LogP contribution in [0.25, 0.3) is 17.0 Å². The summed E-state index contributed by atoms with van der Waals surface area (Å²) in [4.78, 5) is 39.9. The molecule has 4 amide bonds. The highest BCUT2D eigenvalue weighted by Crippen LogP contribution is 2.31. The van der Waals surface area contributed by atoms with Gasteiger partial charge >= 0.3 is 6.03 Å². The number of nitrogens with one attached hydrogen (secondary N) is 1. The summed E-state index contributed by atoms with van der Waals surface area (Å²) in [5.74, 6) is -1.37. The van der Waals surface area contributed by atoms with Crippen LogP contribution in [0.15, 0.2) is 78.4 Å². The lowest BCUT2D eigenvalue weighted by molar-refractivity contribution is -0.122. The SMILES string of the molecule is CCc1ccc(N2C(=O)NC(=O)/C(=C/c3c(C)n(Cc4ccccc4Cl)c4ccccc34)C2=O)cc1. The van der Waals surface area contributed by atoms with E-state index in [1.165, 1.54) is 0 Å². The monoisotopic (exact) mass is 497 g/mol. The standard InChI is InChI=1S/C29H24ClN3O3/c1-3-19-12-14-21(15-13-19)33-28(35)24(27(34)31-29(33)36)16-23-18(2)32(26-11-7-5-9-22(23)26)17-20-8-4-6-10-25(20)30/h4-16H,3,17H2,1-2H3,(H,31,34,36)/b24-16-. The van der Waals surface area contributed by atoms with Crippen molar-refractivity contribution >= 4 is 52.1 Å². The average molecular weight is 498 g/mol. The maximum atomic E-state index is 13.4. The van der Waals surface area contributed by atoms with Gasteiger partial charge in [0.1, 0.15) is 5.57 Å². The molecule has 4 aromatic rings. The number of fused-ring (bicyclic) bond motifs is 1. The molecule has 1 aliphatic heterocycles. The van der Waals surface area contributed by atoms with Crippen LogP contribution in [0.1, 0.15) is 29.3 Å². The molecular formula is C29H24ClN3O3. The number of barbiturate groups is 1. The summed E-state index contributed by atoms with van der Waals surface area (Å²) in [6.45, 7) is 4.50. The van der Waals surface area contributed by atoms with Gasteiger partial charge in [0.25, 0.3) is 11.8 Å². The zero-order valence-corrected chi connectivity index (χ0v) is 20.7. The number of rotatable bonds is 5. The van der Waals surface area contributed by atoms with Gasteiger partial charge in [-0.15, -0.1) is 0 Å². The van der Waals surface area contributed by atoms with Crippen LogP contribution in [0.3, 0.4) is 0 Å². The third-order valence-corrected chi connectivity index (χ3v) is 6.93. The lowest BCUT2D eigenvalue weighted by Gasteiger charge is -2.26. The Kier molecular flexibility index (Phi) is 6.20. The van der Waals surface area contributed by atoms with Crippen molar-refractivity contribution in [2.24, 2.45) is 0 Å². The number of benzene rings is 3. The number of para-hydroxylation sites is 1. The average Bonchev–Trinajstić information content (AvgIpc) is 3.14. The number of imide groups is 2. The highest BCUT2D eigenvalue weighted by molar-refractivity contribution is 6.39. The van der Waals surface area contributed by atoms with E-state index in [1.54, 1.807) is 18.2 Å². The maximum Gasteiger partial charge on any atom is 0.335 e. The number of anilines is 1. The van der Waals surface area contributed by atoms with Crippen LogP contribution in [0, 0.1) is 6.92 Å². The van der Waals surface area contributed by atoms with E-state index in [2.05, 4.69) is 9.88 Å². The first kappa shape index (κ1) is 23.6. The van der Waals surface area contributed by atoms with Crippen molar-refractivity contribution in [1.82, 2.24) is 9.88 Å². The molecule has 0 bridgehead atoms. The normalized spacial score (nSPS) is 15.1. The van der Waals surface area contributed by atoms with Crippen LogP contribution < -0.4 is 10.2 Å². The number of aromatic nitrogens is 1. The van der Waals surface area contributed by atoms with Crippen molar-refractivity contribution in [2.75, 3.05) is 4.90 Å². The molecule has 1 aromatic heterocycles. The molecule has 0 saturated carbocycles. The summed E-state index contributed by atoms with van der Waals surface area (Å²) in [6, 6.07) is 21.9. The lowest BCUT2D eigenvalue weighted by Crippen LogP contribution is -2.54.